The van der Waals surface area contributed by atoms with Crippen molar-refractivity contribution in [3.05, 3.63) is 59.3 Å². The summed E-state index contributed by atoms with van der Waals surface area (Å²) in [5.41, 5.74) is 3.92. The molecule has 0 fully saturated rings. The minimum atomic E-state index is 0.735. The third-order valence-electron chi connectivity index (χ3n) is 2.56. The highest BCUT2D eigenvalue weighted by atomic mass is 32.1. The first kappa shape index (κ1) is 11.0. The molecule has 0 spiro atoms. The number of aromatic nitrogens is 3. The maximum absolute atomic E-state index is 4.32. The Kier molecular flexibility index (Phi) is 3.06. The van der Waals surface area contributed by atoms with E-state index in [0.29, 0.717) is 0 Å². The second kappa shape index (κ2) is 5.01. The van der Waals surface area contributed by atoms with E-state index in [1.165, 1.54) is 0 Å². The molecular formula is C13H12N4S. The fourth-order valence-electron chi connectivity index (χ4n) is 1.70. The van der Waals surface area contributed by atoms with Crippen LogP contribution in [0, 0.1) is 0 Å². The van der Waals surface area contributed by atoms with E-state index in [-0.39, 0.29) is 0 Å². The Balaban J connectivity index is 1.79. The molecule has 4 nitrogen and oxygen atoms in total. The van der Waals surface area contributed by atoms with Crippen LogP contribution in [-0.2, 0) is 6.54 Å². The zero-order chi connectivity index (χ0) is 12.2. The number of nitrogens with one attached hydrogen (secondary N) is 1. The first-order valence-electron chi connectivity index (χ1n) is 5.62. The summed E-state index contributed by atoms with van der Waals surface area (Å²) < 4.78 is 2.04. The third kappa shape index (κ3) is 2.41. The van der Waals surface area contributed by atoms with Crippen LogP contribution in [0.2, 0.25) is 0 Å². The molecule has 0 saturated heterocycles. The van der Waals surface area contributed by atoms with Gasteiger partial charge in [0, 0.05) is 23.5 Å². The van der Waals surface area contributed by atoms with Gasteiger partial charge in [0.2, 0.25) is 5.95 Å². The van der Waals surface area contributed by atoms with Gasteiger partial charge in [-0.05, 0) is 12.1 Å². The lowest BCUT2D eigenvalue weighted by molar-refractivity contribution is 0.788. The smallest absolute Gasteiger partial charge is 0.207 e. The SMILES string of the molecule is c1ccc(Nc2nccn2Cc2cscn2)cc1. The van der Waals surface area contributed by atoms with Crippen molar-refractivity contribution in [3.8, 4) is 0 Å². The van der Waals surface area contributed by atoms with Crippen LogP contribution in [0.5, 0.6) is 0 Å². The summed E-state index contributed by atoms with van der Waals surface area (Å²) in [5.74, 6) is 0.828. The van der Waals surface area contributed by atoms with Crippen LogP contribution < -0.4 is 5.32 Å². The molecule has 1 N–H and O–H groups in total. The molecule has 3 rings (SSSR count). The summed E-state index contributed by atoms with van der Waals surface area (Å²) in [6, 6.07) is 10.0. The van der Waals surface area contributed by atoms with Crippen LogP contribution in [0.4, 0.5) is 11.6 Å². The van der Waals surface area contributed by atoms with Gasteiger partial charge in [-0.3, -0.25) is 0 Å². The number of para-hydroxylation sites is 1. The zero-order valence-corrected chi connectivity index (χ0v) is 10.5. The Bertz CT molecular complexity index is 601. The van der Waals surface area contributed by atoms with E-state index < -0.39 is 0 Å². The Hall–Kier alpha value is -2.14. The van der Waals surface area contributed by atoms with E-state index >= 15 is 0 Å². The van der Waals surface area contributed by atoms with Crippen molar-refractivity contribution in [3.63, 3.8) is 0 Å². The van der Waals surface area contributed by atoms with Gasteiger partial charge in [0.25, 0.3) is 0 Å². The average Bonchev–Trinajstić information content (AvgIpc) is 3.04. The van der Waals surface area contributed by atoms with Crippen molar-refractivity contribution >= 4 is 23.0 Å². The van der Waals surface area contributed by atoms with Gasteiger partial charge in [-0.25, -0.2) is 9.97 Å². The van der Waals surface area contributed by atoms with Gasteiger partial charge in [-0.15, -0.1) is 11.3 Å². The Morgan fingerprint density at radius 1 is 1.17 bits per heavy atom. The molecular weight excluding hydrogens is 244 g/mol. The normalized spacial score (nSPS) is 10.4. The van der Waals surface area contributed by atoms with Gasteiger partial charge in [-0.1, -0.05) is 18.2 Å². The molecule has 2 heterocycles. The number of imidazole rings is 1. The number of rotatable bonds is 4. The van der Waals surface area contributed by atoms with Gasteiger partial charge < -0.3 is 9.88 Å². The lowest BCUT2D eigenvalue weighted by Gasteiger charge is -2.08. The first-order valence-corrected chi connectivity index (χ1v) is 6.56. The van der Waals surface area contributed by atoms with E-state index in [2.05, 4.69) is 15.3 Å². The minimum absolute atomic E-state index is 0.735. The first-order chi connectivity index (χ1) is 8.92. The second-order valence-electron chi connectivity index (χ2n) is 3.85. The van der Waals surface area contributed by atoms with Crippen molar-refractivity contribution in [1.82, 2.24) is 14.5 Å². The lowest BCUT2D eigenvalue weighted by Crippen LogP contribution is -2.04. The van der Waals surface area contributed by atoms with Gasteiger partial charge in [0.15, 0.2) is 0 Å². The molecule has 18 heavy (non-hydrogen) atoms. The summed E-state index contributed by atoms with van der Waals surface area (Å²) in [5, 5.41) is 5.34. The van der Waals surface area contributed by atoms with Crippen LogP contribution >= 0.6 is 11.3 Å². The summed E-state index contributed by atoms with van der Waals surface area (Å²) in [4.78, 5) is 8.60. The number of anilines is 2. The van der Waals surface area contributed by atoms with Gasteiger partial charge in [0.1, 0.15) is 0 Å². The van der Waals surface area contributed by atoms with Gasteiger partial charge in [-0.2, -0.15) is 0 Å². The van der Waals surface area contributed by atoms with Crippen molar-refractivity contribution in [1.29, 1.82) is 0 Å². The summed E-state index contributed by atoms with van der Waals surface area (Å²) >= 11 is 1.61. The highest BCUT2D eigenvalue weighted by Gasteiger charge is 2.04. The summed E-state index contributed by atoms with van der Waals surface area (Å²) in [6.45, 7) is 0.735. The highest BCUT2D eigenvalue weighted by Crippen LogP contribution is 2.15. The lowest BCUT2D eigenvalue weighted by atomic mass is 10.3. The monoisotopic (exact) mass is 256 g/mol. The summed E-state index contributed by atoms with van der Waals surface area (Å²) in [7, 11) is 0. The van der Waals surface area contributed by atoms with Crippen LogP contribution in [0.25, 0.3) is 0 Å². The van der Waals surface area contributed by atoms with E-state index in [1.807, 2.05) is 52.0 Å². The predicted molar refractivity (Wildman–Crippen MR) is 73.2 cm³/mol. The number of hydrogen-bond acceptors (Lipinski definition) is 4. The zero-order valence-electron chi connectivity index (χ0n) is 9.65. The molecule has 0 aliphatic rings. The number of benzene rings is 1. The van der Waals surface area contributed by atoms with E-state index in [4.69, 9.17) is 0 Å². The molecule has 0 bridgehead atoms. The second-order valence-corrected chi connectivity index (χ2v) is 4.57. The van der Waals surface area contributed by atoms with Gasteiger partial charge in [0.05, 0.1) is 17.7 Å². The van der Waals surface area contributed by atoms with Crippen LogP contribution in [0.15, 0.2) is 53.6 Å². The van der Waals surface area contributed by atoms with Crippen molar-refractivity contribution in [2.24, 2.45) is 0 Å². The fourth-order valence-corrected chi connectivity index (χ4v) is 2.25. The van der Waals surface area contributed by atoms with Gasteiger partial charge >= 0.3 is 0 Å². The Morgan fingerprint density at radius 2 is 2.06 bits per heavy atom. The fraction of sp³-hybridized carbons (Fsp3) is 0.0769. The number of thiazole rings is 1. The molecule has 5 heteroatoms. The maximum Gasteiger partial charge on any atom is 0.207 e. The topological polar surface area (TPSA) is 42.7 Å². The highest BCUT2D eigenvalue weighted by molar-refractivity contribution is 7.07. The van der Waals surface area contributed by atoms with Crippen LogP contribution in [0.3, 0.4) is 0 Å². The number of hydrogen-bond donors (Lipinski definition) is 1. The molecule has 0 aliphatic carbocycles. The molecule has 0 unspecified atom stereocenters. The maximum atomic E-state index is 4.32. The van der Waals surface area contributed by atoms with E-state index in [0.717, 1.165) is 23.9 Å². The molecule has 0 atom stereocenters. The molecule has 90 valence electrons. The Labute approximate surface area is 109 Å². The molecule has 0 radical (unpaired) electrons. The largest absolute Gasteiger partial charge is 0.326 e. The van der Waals surface area contributed by atoms with Crippen LogP contribution in [-0.4, -0.2) is 14.5 Å². The van der Waals surface area contributed by atoms with Crippen molar-refractivity contribution in [2.45, 2.75) is 6.54 Å². The standard InChI is InChI=1S/C13H12N4S/c1-2-4-11(5-3-1)16-13-14-6-7-17(13)8-12-9-18-10-15-12/h1-7,9-10H,8H2,(H,14,16). The molecule has 0 aliphatic heterocycles. The molecule has 0 amide bonds. The summed E-state index contributed by atoms with van der Waals surface area (Å²) in [6.07, 6.45) is 3.74. The van der Waals surface area contributed by atoms with E-state index in [1.54, 1.807) is 17.5 Å². The predicted octanol–water partition coefficient (Wildman–Crippen LogP) is 3.13. The third-order valence-corrected chi connectivity index (χ3v) is 3.20. The molecule has 1 aromatic carbocycles. The van der Waals surface area contributed by atoms with Crippen LogP contribution in [0.1, 0.15) is 5.69 Å². The average molecular weight is 256 g/mol. The number of nitrogens with zero attached hydrogens (tertiary/aromatic N) is 3. The van der Waals surface area contributed by atoms with Crippen molar-refractivity contribution in [2.75, 3.05) is 5.32 Å². The van der Waals surface area contributed by atoms with Crippen molar-refractivity contribution < 1.29 is 0 Å². The van der Waals surface area contributed by atoms with E-state index in [9.17, 15) is 0 Å². The molecule has 2 aromatic heterocycles. The Morgan fingerprint density at radius 3 is 2.83 bits per heavy atom. The quantitative estimate of drug-likeness (QED) is 0.780. The minimum Gasteiger partial charge on any atom is -0.326 e. The molecule has 0 saturated carbocycles. The molecule has 3 aromatic rings.